The van der Waals surface area contributed by atoms with Crippen molar-refractivity contribution in [3.63, 3.8) is 0 Å². The number of aliphatic imine (C=N–C) groups is 1. The molecular formula is C16H26IN7O. The predicted octanol–water partition coefficient (Wildman–Crippen LogP) is 1.74. The molecule has 2 aromatic rings. The molecule has 0 fully saturated rings. The van der Waals surface area contributed by atoms with Crippen LogP contribution in [0.15, 0.2) is 9.52 Å². The third-order valence-electron chi connectivity index (χ3n) is 4.62. The Morgan fingerprint density at radius 1 is 1.28 bits per heavy atom. The summed E-state index contributed by atoms with van der Waals surface area (Å²) in [5, 5.41) is 19.1. The second-order valence-electron chi connectivity index (χ2n) is 6.29. The summed E-state index contributed by atoms with van der Waals surface area (Å²) in [6.45, 7) is 8.37. The van der Waals surface area contributed by atoms with E-state index in [2.05, 4.69) is 35.5 Å². The molecule has 0 aromatic carbocycles. The van der Waals surface area contributed by atoms with E-state index in [1.807, 2.05) is 20.8 Å². The van der Waals surface area contributed by atoms with Gasteiger partial charge in [-0.05, 0) is 33.1 Å². The minimum absolute atomic E-state index is 0. The number of fused-ring (bicyclic) bond motifs is 1. The number of aryl methyl sites for hydroxylation is 4. The largest absolute Gasteiger partial charge is 0.361 e. The van der Waals surface area contributed by atoms with Gasteiger partial charge in [-0.2, -0.15) is 0 Å². The summed E-state index contributed by atoms with van der Waals surface area (Å²) < 4.78 is 7.41. The van der Waals surface area contributed by atoms with E-state index in [0.717, 1.165) is 60.6 Å². The molecule has 0 radical (unpaired) electrons. The number of guanidine groups is 1. The molecule has 0 saturated carbocycles. The predicted molar refractivity (Wildman–Crippen MR) is 106 cm³/mol. The van der Waals surface area contributed by atoms with Crippen molar-refractivity contribution in [2.75, 3.05) is 13.6 Å². The van der Waals surface area contributed by atoms with Crippen molar-refractivity contribution in [2.24, 2.45) is 10.9 Å². The standard InChI is InChI=1S/C16H25N7O.HI/c1-10-14(11(2)24-22-10)8-19-16(17-4)18-7-13-5-6-15-21-20-12(3)23(15)9-13;/h13H,5-9H2,1-4H3,(H2,17,18,19);1H. The van der Waals surface area contributed by atoms with Crippen molar-refractivity contribution >= 4 is 29.9 Å². The molecule has 138 valence electrons. The van der Waals surface area contributed by atoms with Gasteiger partial charge in [-0.3, -0.25) is 4.99 Å². The molecule has 2 N–H and O–H groups in total. The van der Waals surface area contributed by atoms with Gasteiger partial charge in [0, 0.05) is 38.7 Å². The Morgan fingerprint density at radius 3 is 2.76 bits per heavy atom. The van der Waals surface area contributed by atoms with Gasteiger partial charge in [0.25, 0.3) is 0 Å². The zero-order valence-corrected chi connectivity index (χ0v) is 17.5. The minimum Gasteiger partial charge on any atom is -0.361 e. The van der Waals surface area contributed by atoms with Crippen LogP contribution in [0.2, 0.25) is 0 Å². The van der Waals surface area contributed by atoms with Gasteiger partial charge in [-0.1, -0.05) is 5.16 Å². The van der Waals surface area contributed by atoms with Gasteiger partial charge in [0.1, 0.15) is 17.4 Å². The molecule has 0 aliphatic carbocycles. The first-order valence-corrected chi connectivity index (χ1v) is 8.33. The third-order valence-corrected chi connectivity index (χ3v) is 4.62. The quantitative estimate of drug-likeness (QED) is 0.411. The maximum atomic E-state index is 5.19. The van der Waals surface area contributed by atoms with Crippen molar-refractivity contribution < 1.29 is 4.52 Å². The molecule has 3 rings (SSSR count). The second-order valence-corrected chi connectivity index (χ2v) is 6.29. The van der Waals surface area contributed by atoms with E-state index in [1.165, 1.54) is 0 Å². The highest BCUT2D eigenvalue weighted by molar-refractivity contribution is 14.0. The molecule has 9 heteroatoms. The van der Waals surface area contributed by atoms with Crippen molar-refractivity contribution in [3.8, 4) is 0 Å². The highest BCUT2D eigenvalue weighted by Gasteiger charge is 2.21. The maximum absolute atomic E-state index is 5.19. The van der Waals surface area contributed by atoms with Crippen molar-refractivity contribution in [3.05, 3.63) is 28.7 Å². The number of nitrogens with one attached hydrogen (secondary N) is 2. The molecule has 1 aliphatic heterocycles. The fraction of sp³-hybridized carbons (Fsp3) is 0.625. The molecule has 0 saturated heterocycles. The average Bonchev–Trinajstić information content (AvgIpc) is 3.11. The Bertz CT molecular complexity index is 717. The summed E-state index contributed by atoms with van der Waals surface area (Å²) in [6.07, 6.45) is 2.10. The third kappa shape index (κ3) is 4.50. The van der Waals surface area contributed by atoms with Crippen LogP contribution in [-0.2, 0) is 19.5 Å². The van der Waals surface area contributed by atoms with Crippen LogP contribution in [0, 0.1) is 26.7 Å². The van der Waals surface area contributed by atoms with E-state index in [-0.39, 0.29) is 24.0 Å². The van der Waals surface area contributed by atoms with Gasteiger partial charge in [-0.15, -0.1) is 34.2 Å². The summed E-state index contributed by atoms with van der Waals surface area (Å²) >= 11 is 0. The second kappa shape index (κ2) is 8.63. The van der Waals surface area contributed by atoms with E-state index in [0.29, 0.717) is 12.5 Å². The number of rotatable bonds is 4. The van der Waals surface area contributed by atoms with Crippen LogP contribution in [0.3, 0.4) is 0 Å². The summed E-state index contributed by atoms with van der Waals surface area (Å²) in [5.74, 6) is 4.28. The molecule has 0 spiro atoms. The van der Waals surface area contributed by atoms with Gasteiger partial charge in [0.15, 0.2) is 5.96 Å². The fourth-order valence-electron chi connectivity index (χ4n) is 3.08. The Morgan fingerprint density at radius 2 is 2.08 bits per heavy atom. The Labute approximate surface area is 164 Å². The van der Waals surface area contributed by atoms with E-state index in [1.54, 1.807) is 7.05 Å². The molecular weight excluding hydrogens is 433 g/mol. The molecule has 1 atom stereocenters. The molecule has 0 amide bonds. The monoisotopic (exact) mass is 459 g/mol. The van der Waals surface area contributed by atoms with Crippen molar-refractivity contribution in [2.45, 2.75) is 46.7 Å². The summed E-state index contributed by atoms with van der Waals surface area (Å²) in [4.78, 5) is 4.29. The zero-order valence-electron chi connectivity index (χ0n) is 15.2. The highest BCUT2D eigenvalue weighted by Crippen LogP contribution is 2.19. The zero-order chi connectivity index (χ0) is 17.1. The molecule has 1 unspecified atom stereocenters. The highest BCUT2D eigenvalue weighted by atomic mass is 127. The Hall–Kier alpha value is -1.65. The van der Waals surface area contributed by atoms with Crippen LogP contribution in [0.5, 0.6) is 0 Å². The van der Waals surface area contributed by atoms with Gasteiger partial charge in [-0.25, -0.2) is 0 Å². The lowest BCUT2D eigenvalue weighted by atomic mass is 9.99. The molecule has 2 aromatic heterocycles. The molecule has 3 heterocycles. The smallest absolute Gasteiger partial charge is 0.191 e. The number of nitrogens with zero attached hydrogens (tertiary/aromatic N) is 5. The molecule has 8 nitrogen and oxygen atoms in total. The van der Waals surface area contributed by atoms with Crippen LogP contribution in [-0.4, -0.2) is 39.5 Å². The topological polar surface area (TPSA) is 93.2 Å². The fourth-order valence-corrected chi connectivity index (χ4v) is 3.08. The van der Waals surface area contributed by atoms with Crippen LogP contribution < -0.4 is 10.6 Å². The SMILES string of the molecule is CN=C(NCc1c(C)noc1C)NCC1CCc2nnc(C)n2C1.I. The van der Waals surface area contributed by atoms with E-state index >= 15 is 0 Å². The van der Waals surface area contributed by atoms with Crippen molar-refractivity contribution in [1.82, 2.24) is 30.6 Å². The van der Waals surface area contributed by atoms with Gasteiger partial charge in [0.05, 0.1) is 5.69 Å². The first-order valence-electron chi connectivity index (χ1n) is 8.33. The van der Waals surface area contributed by atoms with Crippen LogP contribution in [0.25, 0.3) is 0 Å². The summed E-state index contributed by atoms with van der Waals surface area (Å²) in [5.41, 5.74) is 2.00. The maximum Gasteiger partial charge on any atom is 0.191 e. The minimum atomic E-state index is 0. The van der Waals surface area contributed by atoms with E-state index < -0.39 is 0 Å². The number of hydrogen-bond donors (Lipinski definition) is 2. The lowest BCUT2D eigenvalue weighted by molar-refractivity contribution is 0.358. The van der Waals surface area contributed by atoms with Crippen LogP contribution >= 0.6 is 24.0 Å². The normalized spacial score (nSPS) is 17.0. The summed E-state index contributed by atoms with van der Waals surface area (Å²) in [6, 6.07) is 0. The van der Waals surface area contributed by atoms with E-state index in [9.17, 15) is 0 Å². The first kappa shape index (κ1) is 19.7. The van der Waals surface area contributed by atoms with Gasteiger partial charge in [0.2, 0.25) is 0 Å². The van der Waals surface area contributed by atoms with Crippen LogP contribution in [0.1, 0.15) is 35.1 Å². The Kier molecular flexibility index (Phi) is 6.79. The number of hydrogen-bond acceptors (Lipinski definition) is 5. The van der Waals surface area contributed by atoms with E-state index in [4.69, 9.17) is 4.52 Å². The summed E-state index contributed by atoms with van der Waals surface area (Å²) in [7, 11) is 1.78. The molecule has 1 aliphatic rings. The number of aromatic nitrogens is 4. The van der Waals surface area contributed by atoms with Crippen LogP contribution in [0.4, 0.5) is 0 Å². The van der Waals surface area contributed by atoms with Gasteiger partial charge >= 0.3 is 0 Å². The lowest BCUT2D eigenvalue weighted by Gasteiger charge is -2.25. The Balaban J connectivity index is 0.00000225. The van der Waals surface area contributed by atoms with Crippen molar-refractivity contribution in [1.29, 1.82) is 0 Å². The van der Waals surface area contributed by atoms with Gasteiger partial charge < -0.3 is 19.7 Å². The molecule has 25 heavy (non-hydrogen) atoms. The average molecular weight is 459 g/mol. The first-order chi connectivity index (χ1) is 11.6. The molecule has 0 bridgehead atoms. The lowest BCUT2D eigenvalue weighted by Crippen LogP contribution is -2.41. The number of halogens is 1.